The van der Waals surface area contributed by atoms with Crippen LogP contribution in [0.3, 0.4) is 0 Å². The number of carbonyl (C=O) groups excluding carboxylic acids is 1. The number of nitrogens with one attached hydrogen (secondary N) is 1. The third-order valence-corrected chi connectivity index (χ3v) is 2.85. The zero-order valence-electron chi connectivity index (χ0n) is 12.1. The molecule has 0 fully saturated rings. The summed E-state index contributed by atoms with van der Waals surface area (Å²) in [5, 5.41) is 2.69. The molecule has 0 saturated carbocycles. The number of nitrogens with zero attached hydrogens (tertiary/aromatic N) is 3. The van der Waals surface area contributed by atoms with Gasteiger partial charge in [-0.3, -0.25) is 15.1 Å². The van der Waals surface area contributed by atoms with Gasteiger partial charge in [-0.25, -0.2) is 9.97 Å². The first kappa shape index (κ1) is 14.1. The number of hydrogen-bond acceptors (Lipinski definition) is 4. The Morgan fingerprint density at radius 1 is 1.15 bits per heavy atom. The fourth-order valence-electron chi connectivity index (χ4n) is 1.84. The number of aromatic nitrogens is 3. The largest absolute Gasteiger partial charge is 0.290 e. The van der Waals surface area contributed by atoms with Crippen molar-refractivity contribution in [1.82, 2.24) is 15.0 Å². The highest BCUT2D eigenvalue weighted by Crippen LogP contribution is 2.12. The molecule has 0 spiro atoms. The van der Waals surface area contributed by atoms with Crippen LogP contribution in [0.15, 0.2) is 24.4 Å². The van der Waals surface area contributed by atoms with Crippen LogP contribution in [0.5, 0.6) is 0 Å². The normalized spacial score (nSPS) is 10.7. The molecule has 0 aliphatic carbocycles. The minimum absolute atomic E-state index is 0.252. The van der Waals surface area contributed by atoms with Gasteiger partial charge in [0.2, 0.25) is 5.95 Å². The van der Waals surface area contributed by atoms with E-state index in [9.17, 15) is 4.79 Å². The lowest BCUT2D eigenvalue weighted by Crippen LogP contribution is -2.15. The SMILES string of the molecule is Cc1cc(C)nc(NC(=O)c2ccc(C(C)C)nc2)n1. The molecule has 0 aliphatic rings. The molecule has 0 bridgehead atoms. The van der Waals surface area contributed by atoms with Crippen molar-refractivity contribution in [3.8, 4) is 0 Å². The standard InChI is InChI=1S/C15H18N4O/c1-9(2)13-6-5-12(8-16-13)14(20)19-15-17-10(3)7-11(4)18-15/h5-9H,1-4H3,(H,17,18,19,20). The van der Waals surface area contributed by atoms with Crippen LogP contribution in [-0.2, 0) is 0 Å². The van der Waals surface area contributed by atoms with Crippen molar-refractivity contribution in [2.24, 2.45) is 0 Å². The number of carbonyl (C=O) groups is 1. The monoisotopic (exact) mass is 270 g/mol. The van der Waals surface area contributed by atoms with Gasteiger partial charge in [0.25, 0.3) is 5.91 Å². The van der Waals surface area contributed by atoms with E-state index in [1.807, 2.05) is 26.0 Å². The summed E-state index contributed by atoms with van der Waals surface area (Å²) in [5.41, 5.74) is 3.10. The van der Waals surface area contributed by atoms with Crippen LogP contribution >= 0.6 is 0 Å². The third-order valence-electron chi connectivity index (χ3n) is 2.85. The molecule has 2 aromatic heterocycles. The lowest BCUT2D eigenvalue weighted by atomic mass is 10.1. The van der Waals surface area contributed by atoms with Gasteiger partial charge in [0.1, 0.15) is 0 Å². The van der Waals surface area contributed by atoms with Crippen LogP contribution < -0.4 is 5.32 Å². The van der Waals surface area contributed by atoms with Crippen molar-refractivity contribution in [2.45, 2.75) is 33.6 Å². The number of anilines is 1. The van der Waals surface area contributed by atoms with E-state index in [0.717, 1.165) is 17.1 Å². The molecule has 0 radical (unpaired) electrons. The van der Waals surface area contributed by atoms with Gasteiger partial charge in [-0.1, -0.05) is 13.8 Å². The molecule has 2 rings (SSSR count). The molecule has 20 heavy (non-hydrogen) atoms. The van der Waals surface area contributed by atoms with Crippen molar-refractivity contribution in [3.63, 3.8) is 0 Å². The van der Waals surface area contributed by atoms with Crippen molar-refractivity contribution in [2.75, 3.05) is 5.32 Å². The first-order valence-electron chi connectivity index (χ1n) is 6.55. The van der Waals surface area contributed by atoms with Crippen molar-refractivity contribution in [3.05, 3.63) is 47.0 Å². The van der Waals surface area contributed by atoms with Gasteiger partial charge in [0, 0.05) is 23.3 Å². The maximum absolute atomic E-state index is 12.1. The van der Waals surface area contributed by atoms with E-state index in [0.29, 0.717) is 17.4 Å². The average Bonchev–Trinajstić information content (AvgIpc) is 2.37. The van der Waals surface area contributed by atoms with Gasteiger partial charge in [-0.05, 0) is 38.0 Å². The molecule has 5 heteroatoms. The molecule has 1 N–H and O–H groups in total. The Balaban J connectivity index is 2.15. The Morgan fingerprint density at radius 3 is 2.30 bits per heavy atom. The van der Waals surface area contributed by atoms with E-state index in [2.05, 4.69) is 34.1 Å². The summed E-state index contributed by atoms with van der Waals surface area (Å²) in [5.74, 6) is 0.410. The highest BCUT2D eigenvalue weighted by Gasteiger charge is 2.10. The number of aryl methyl sites for hydroxylation is 2. The van der Waals surface area contributed by atoms with E-state index < -0.39 is 0 Å². The second kappa shape index (κ2) is 5.77. The molecule has 0 saturated heterocycles. The molecule has 1 amide bonds. The summed E-state index contributed by atoms with van der Waals surface area (Å²) >= 11 is 0. The molecule has 0 aromatic carbocycles. The minimum atomic E-state index is -0.252. The van der Waals surface area contributed by atoms with Crippen LogP contribution in [0.2, 0.25) is 0 Å². The molecule has 104 valence electrons. The lowest BCUT2D eigenvalue weighted by Gasteiger charge is -2.07. The third kappa shape index (κ3) is 3.38. The summed E-state index contributed by atoms with van der Waals surface area (Å²) in [7, 11) is 0. The Bertz CT molecular complexity index is 600. The van der Waals surface area contributed by atoms with Gasteiger partial charge >= 0.3 is 0 Å². The highest BCUT2D eigenvalue weighted by molar-refractivity contribution is 6.03. The highest BCUT2D eigenvalue weighted by atomic mass is 16.1. The molecule has 0 unspecified atom stereocenters. The fourth-order valence-corrected chi connectivity index (χ4v) is 1.84. The van der Waals surface area contributed by atoms with Crippen molar-refractivity contribution in [1.29, 1.82) is 0 Å². The van der Waals surface area contributed by atoms with Gasteiger partial charge in [0.05, 0.1) is 5.56 Å². The molecular weight excluding hydrogens is 252 g/mol. The smallest absolute Gasteiger partial charge is 0.259 e. The lowest BCUT2D eigenvalue weighted by molar-refractivity contribution is 0.102. The number of rotatable bonds is 3. The Kier molecular flexibility index (Phi) is 4.08. The molecular formula is C15H18N4O. The molecule has 5 nitrogen and oxygen atoms in total. The molecule has 0 atom stereocenters. The predicted molar refractivity (Wildman–Crippen MR) is 77.8 cm³/mol. The number of amides is 1. The van der Waals surface area contributed by atoms with E-state index in [4.69, 9.17) is 0 Å². The topological polar surface area (TPSA) is 67.8 Å². The van der Waals surface area contributed by atoms with Crippen molar-refractivity contribution >= 4 is 11.9 Å². The maximum atomic E-state index is 12.1. The first-order valence-corrected chi connectivity index (χ1v) is 6.55. The Labute approximate surface area is 118 Å². The summed E-state index contributed by atoms with van der Waals surface area (Å²) in [6.07, 6.45) is 1.58. The zero-order valence-corrected chi connectivity index (χ0v) is 12.1. The zero-order chi connectivity index (χ0) is 14.7. The summed E-state index contributed by atoms with van der Waals surface area (Å²) in [4.78, 5) is 24.7. The van der Waals surface area contributed by atoms with Crippen LogP contribution in [-0.4, -0.2) is 20.9 Å². The molecule has 2 heterocycles. The maximum Gasteiger partial charge on any atom is 0.259 e. The molecule has 2 aromatic rings. The van der Waals surface area contributed by atoms with E-state index in [1.54, 1.807) is 12.3 Å². The Hall–Kier alpha value is -2.30. The van der Waals surface area contributed by atoms with Crippen LogP contribution in [0, 0.1) is 13.8 Å². The van der Waals surface area contributed by atoms with Crippen LogP contribution in [0.1, 0.15) is 47.2 Å². The van der Waals surface area contributed by atoms with Crippen LogP contribution in [0.25, 0.3) is 0 Å². The molecule has 0 aliphatic heterocycles. The van der Waals surface area contributed by atoms with Gasteiger partial charge < -0.3 is 0 Å². The van der Waals surface area contributed by atoms with Gasteiger partial charge in [-0.15, -0.1) is 0 Å². The second-order valence-corrected chi connectivity index (χ2v) is 5.05. The van der Waals surface area contributed by atoms with E-state index in [1.165, 1.54) is 0 Å². The summed E-state index contributed by atoms with van der Waals surface area (Å²) < 4.78 is 0. The van der Waals surface area contributed by atoms with E-state index >= 15 is 0 Å². The first-order chi connectivity index (χ1) is 9.45. The minimum Gasteiger partial charge on any atom is -0.290 e. The second-order valence-electron chi connectivity index (χ2n) is 5.05. The quantitative estimate of drug-likeness (QED) is 0.931. The van der Waals surface area contributed by atoms with Crippen LogP contribution in [0.4, 0.5) is 5.95 Å². The number of hydrogen-bond donors (Lipinski definition) is 1. The predicted octanol–water partition coefficient (Wildman–Crippen LogP) is 2.86. The summed E-state index contributed by atoms with van der Waals surface area (Å²) in [6.45, 7) is 7.85. The summed E-state index contributed by atoms with van der Waals surface area (Å²) in [6, 6.07) is 5.48. The average molecular weight is 270 g/mol. The van der Waals surface area contributed by atoms with Gasteiger partial charge in [0.15, 0.2) is 0 Å². The van der Waals surface area contributed by atoms with Crippen molar-refractivity contribution < 1.29 is 4.79 Å². The van der Waals surface area contributed by atoms with E-state index in [-0.39, 0.29) is 5.91 Å². The fraction of sp³-hybridized carbons (Fsp3) is 0.333. The van der Waals surface area contributed by atoms with Gasteiger partial charge in [-0.2, -0.15) is 0 Å². The Morgan fingerprint density at radius 2 is 1.80 bits per heavy atom. The number of pyridine rings is 1.